The lowest BCUT2D eigenvalue weighted by atomic mass is 10.0. The van der Waals surface area contributed by atoms with E-state index in [0.29, 0.717) is 0 Å². The molecule has 1 aromatic carbocycles. The number of aromatic nitrogens is 1. The van der Waals surface area contributed by atoms with Gasteiger partial charge in [0, 0.05) is 23.5 Å². The maximum atomic E-state index is 13.0. The molecule has 0 aliphatic heterocycles. The number of aromatic amines is 1. The number of nitrogens with two attached hydrogens (primary N) is 1. The van der Waals surface area contributed by atoms with Crippen LogP contribution in [0.4, 0.5) is 0 Å². The van der Waals surface area contributed by atoms with Crippen molar-refractivity contribution in [1.82, 2.24) is 20.9 Å². The molecule has 8 N–H and O–H groups in total. The van der Waals surface area contributed by atoms with Gasteiger partial charge in [0.1, 0.15) is 18.1 Å². The van der Waals surface area contributed by atoms with Gasteiger partial charge in [0.25, 0.3) is 0 Å². The van der Waals surface area contributed by atoms with E-state index in [1.165, 1.54) is 6.92 Å². The van der Waals surface area contributed by atoms with Crippen LogP contribution in [-0.4, -0.2) is 69.0 Å². The Morgan fingerprint density at radius 1 is 0.917 bits per heavy atom. The van der Waals surface area contributed by atoms with Gasteiger partial charge < -0.3 is 36.9 Å². The molecule has 0 saturated carbocycles. The highest BCUT2D eigenvalue weighted by atomic mass is 16.4. The van der Waals surface area contributed by atoms with E-state index >= 15 is 0 Å². The van der Waals surface area contributed by atoms with Gasteiger partial charge in [0.05, 0.1) is 12.5 Å². The largest absolute Gasteiger partial charge is 0.481 e. The summed E-state index contributed by atoms with van der Waals surface area (Å²) in [7, 11) is 0. The summed E-state index contributed by atoms with van der Waals surface area (Å²) < 4.78 is 0. The van der Waals surface area contributed by atoms with Crippen LogP contribution in [0.2, 0.25) is 0 Å². The number of hydrogen-bond acceptors (Lipinski definition) is 6. The van der Waals surface area contributed by atoms with Crippen molar-refractivity contribution < 1.29 is 34.2 Å². The number of carbonyl (C=O) groups excluding carboxylic acids is 3. The zero-order chi connectivity index (χ0) is 27.0. The minimum absolute atomic E-state index is 0.0215. The second-order valence-corrected chi connectivity index (χ2v) is 9.09. The third-order valence-corrected chi connectivity index (χ3v) is 5.54. The second-order valence-electron chi connectivity index (χ2n) is 9.09. The number of H-pyrrole nitrogens is 1. The maximum Gasteiger partial charge on any atom is 0.326 e. The lowest BCUT2D eigenvalue weighted by molar-refractivity contribution is -0.142. The maximum absolute atomic E-state index is 13.0. The zero-order valence-electron chi connectivity index (χ0n) is 20.4. The molecule has 2 aromatic rings. The molecule has 1 aromatic heterocycles. The van der Waals surface area contributed by atoms with Crippen molar-refractivity contribution in [2.45, 2.75) is 64.2 Å². The predicted molar refractivity (Wildman–Crippen MR) is 131 cm³/mol. The van der Waals surface area contributed by atoms with Gasteiger partial charge in [-0.2, -0.15) is 0 Å². The van der Waals surface area contributed by atoms with Crippen LogP contribution < -0.4 is 21.7 Å². The highest BCUT2D eigenvalue weighted by Crippen LogP contribution is 2.19. The molecule has 4 unspecified atom stereocenters. The normalized spacial score (nSPS) is 14.5. The van der Waals surface area contributed by atoms with E-state index in [0.717, 1.165) is 16.5 Å². The first-order chi connectivity index (χ1) is 16.9. The van der Waals surface area contributed by atoms with E-state index < -0.39 is 60.2 Å². The van der Waals surface area contributed by atoms with Crippen LogP contribution in [0.1, 0.15) is 39.2 Å². The number of carbonyl (C=O) groups is 5. The van der Waals surface area contributed by atoms with Crippen LogP contribution in [0.25, 0.3) is 10.9 Å². The molecule has 2 rings (SSSR count). The molecule has 196 valence electrons. The monoisotopic (exact) mass is 503 g/mol. The van der Waals surface area contributed by atoms with Gasteiger partial charge in [-0.05, 0) is 30.9 Å². The van der Waals surface area contributed by atoms with E-state index in [2.05, 4.69) is 20.9 Å². The number of fused-ring (bicyclic) bond motifs is 1. The average molecular weight is 504 g/mol. The van der Waals surface area contributed by atoms with Crippen LogP contribution in [0.5, 0.6) is 0 Å². The molecule has 12 heteroatoms. The van der Waals surface area contributed by atoms with Crippen molar-refractivity contribution in [3.05, 3.63) is 36.0 Å². The van der Waals surface area contributed by atoms with Crippen molar-refractivity contribution in [2.24, 2.45) is 11.7 Å². The Morgan fingerprint density at radius 3 is 2.17 bits per heavy atom. The molecule has 0 aliphatic carbocycles. The summed E-state index contributed by atoms with van der Waals surface area (Å²) >= 11 is 0. The lowest BCUT2D eigenvalue weighted by Crippen LogP contribution is -2.57. The van der Waals surface area contributed by atoms with Crippen LogP contribution in [-0.2, 0) is 30.4 Å². The third-order valence-electron chi connectivity index (χ3n) is 5.54. The SMILES string of the molecule is CC(C)CC(NC(=O)C(C)NC(=O)C(N)CC(=O)O)C(=O)NC(Cc1c[nH]c2ccccc12)C(=O)O. The summed E-state index contributed by atoms with van der Waals surface area (Å²) in [5.41, 5.74) is 7.07. The summed E-state index contributed by atoms with van der Waals surface area (Å²) in [4.78, 5) is 63.4. The van der Waals surface area contributed by atoms with Gasteiger partial charge in [-0.15, -0.1) is 0 Å². The van der Waals surface area contributed by atoms with Crippen molar-refractivity contribution in [3.8, 4) is 0 Å². The lowest BCUT2D eigenvalue weighted by Gasteiger charge is -2.24. The predicted octanol–water partition coefficient (Wildman–Crippen LogP) is 0.117. The molecule has 36 heavy (non-hydrogen) atoms. The fraction of sp³-hybridized carbons (Fsp3) is 0.458. The van der Waals surface area contributed by atoms with Gasteiger partial charge in [-0.25, -0.2) is 4.79 Å². The molecule has 12 nitrogen and oxygen atoms in total. The molecule has 3 amide bonds. The number of benzene rings is 1. The summed E-state index contributed by atoms with van der Waals surface area (Å²) in [6.07, 6.45) is 1.34. The number of carboxylic acids is 2. The Labute approximate surface area is 208 Å². The van der Waals surface area contributed by atoms with E-state index in [9.17, 15) is 29.1 Å². The van der Waals surface area contributed by atoms with Crippen molar-refractivity contribution in [1.29, 1.82) is 0 Å². The number of para-hydroxylation sites is 1. The number of aliphatic carboxylic acids is 2. The molecule has 0 bridgehead atoms. The first kappa shape index (κ1) is 28.3. The Kier molecular flexibility index (Phi) is 9.97. The van der Waals surface area contributed by atoms with Crippen LogP contribution in [0.15, 0.2) is 30.5 Å². The number of rotatable bonds is 13. The Morgan fingerprint density at radius 2 is 1.56 bits per heavy atom. The molecule has 0 spiro atoms. The minimum atomic E-state index is -1.34. The van der Waals surface area contributed by atoms with Crippen LogP contribution >= 0.6 is 0 Å². The van der Waals surface area contributed by atoms with E-state index in [4.69, 9.17) is 10.8 Å². The standard InChI is InChI=1S/C24H33N5O7/c1-12(2)8-18(28-21(32)13(3)27-22(33)16(25)10-20(30)31)23(34)29-19(24(35)36)9-14-11-26-17-7-5-4-6-15(14)17/h4-7,11-13,16,18-19,26H,8-10,25H2,1-3H3,(H,27,33)(H,28,32)(H,29,34)(H,30,31)(H,35,36). The first-order valence-electron chi connectivity index (χ1n) is 11.5. The van der Waals surface area contributed by atoms with Gasteiger partial charge in [0.15, 0.2) is 0 Å². The van der Waals surface area contributed by atoms with Gasteiger partial charge in [-0.1, -0.05) is 32.0 Å². The van der Waals surface area contributed by atoms with Crippen molar-refractivity contribution in [2.75, 3.05) is 0 Å². The highest BCUT2D eigenvalue weighted by molar-refractivity contribution is 5.94. The smallest absolute Gasteiger partial charge is 0.326 e. The summed E-state index contributed by atoms with van der Waals surface area (Å²) in [6.45, 7) is 5.04. The molecule has 1 heterocycles. The summed E-state index contributed by atoms with van der Waals surface area (Å²) in [5.74, 6) is -4.71. The molecule has 0 radical (unpaired) electrons. The minimum Gasteiger partial charge on any atom is -0.481 e. The number of hydrogen-bond donors (Lipinski definition) is 7. The van der Waals surface area contributed by atoms with E-state index in [1.54, 1.807) is 6.20 Å². The number of carboxylic acid groups (broad SMARTS) is 2. The molecule has 0 saturated heterocycles. The Bertz CT molecular complexity index is 1110. The quantitative estimate of drug-likeness (QED) is 0.199. The Balaban J connectivity index is 2.08. The van der Waals surface area contributed by atoms with Crippen molar-refractivity contribution >= 4 is 40.6 Å². The van der Waals surface area contributed by atoms with Gasteiger partial charge in [0.2, 0.25) is 17.7 Å². The molecular weight excluding hydrogens is 470 g/mol. The molecule has 4 atom stereocenters. The van der Waals surface area contributed by atoms with E-state index in [-0.39, 0.29) is 18.8 Å². The number of nitrogens with one attached hydrogen (secondary N) is 4. The third kappa shape index (κ3) is 8.08. The first-order valence-corrected chi connectivity index (χ1v) is 11.5. The molecular formula is C24H33N5O7. The van der Waals surface area contributed by atoms with Gasteiger partial charge in [-0.3, -0.25) is 19.2 Å². The fourth-order valence-corrected chi connectivity index (χ4v) is 3.66. The topological polar surface area (TPSA) is 204 Å². The molecule has 0 fully saturated rings. The highest BCUT2D eigenvalue weighted by Gasteiger charge is 2.30. The Hall–Kier alpha value is -3.93. The van der Waals surface area contributed by atoms with Crippen LogP contribution in [0, 0.1) is 5.92 Å². The van der Waals surface area contributed by atoms with Gasteiger partial charge >= 0.3 is 11.9 Å². The summed E-state index contributed by atoms with van der Waals surface area (Å²) in [5, 5.41) is 26.7. The zero-order valence-corrected chi connectivity index (χ0v) is 20.4. The van der Waals surface area contributed by atoms with Crippen LogP contribution in [0.3, 0.4) is 0 Å². The van der Waals surface area contributed by atoms with Crippen molar-refractivity contribution in [3.63, 3.8) is 0 Å². The van der Waals surface area contributed by atoms with E-state index in [1.807, 2.05) is 38.1 Å². The number of amides is 3. The molecule has 0 aliphatic rings. The fourth-order valence-electron chi connectivity index (χ4n) is 3.66. The second kappa shape index (κ2) is 12.7. The summed E-state index contributed by atoms with van der Waals surface area (Å²) in [6, 6.07) is 2.63. The average Bonchev–Trinajstić information content (AvgIpc) is 3.19.